The van der Waals surface area contributed by atoms with Crippen molar-refractivity contribution in [1.82, 2.24) is 20.2 Å². The van der Waals surface area contributed by atoms with E-state index in [0.717, 1.165) is 0 Å². The third-order valence-corrected chi connectivity index (χ3v) is 0.945. The van der Waals surface area contributed by atoms with Crippen LogP contribution in [0, 0.1) is 11.3 Å². The minimum absolute atomic E-state index is 0.267. The van der Waals surface area contributed by atoms with Crippen LogP contribution < -0.4 is 0 Å². The van der Waals surface area contributed by atoms with Gasteiger partial charge in [-0.2, -0.15) is 5.26 Å². The summed E-state index contributed by atoms with van der Waals surface area (Å²) in [5.74, 6) is 0.595. The molecule has 46 valence electrons. The summed E-state index contributed by atoms with van der Waals surface area (Å²) in [5.41, 5.74) is 0. The SMILES string of the molecule is Cn1nnnc1CC#N. The molecule has 0 unspecified atom stereocenters. The number of nitrogens with zero attached hydrogens (tertiary/aromatic N) is 5. The van der Waals surface area contributed by atoms with Gasteiger partial charge in [-0.3, -0.25) is 0 Å². The zero-order valence-corrected chi connectivity index (χ0v) is 4.94. The molecule has 0 aliphatic rings. The predicted octanol–water partition coefficient (Wildman–Crippen LogP) is -0.724. The molecule has 0 atom stereocenters. The van der Waals surface area contributed by atoms with Crippen LogP contribution in [0.25, 0.3) is 0 Å². The van der Waals surface area contributed by atoms with Crippen LogP contribution in [0.5, 0.6) is 0 Å². The first-order chi connectivity index (χ1) is 4.34. The van der Waals surface area contributed by atoms with Gasteiger partial charge in [-0.15, -0.1) is 5.10 Å². The quantitative estimate of drug-likeness (QED) is 0.494. The van der Waals surface area contributed by atoms with Crippen LogP contribution in [0.2, 0.25) is 0 Å². The molecule has 9 heavy (non-hydrogen) atoms. The Morgan fingerprint density at radius 1 is 1.78 bits per heavy atom. The summed E-state index contributed by atoms with van der Waals surface area (Å²) in [7, 11) is 1.70. The highest BCUT2D eigenvalue weighted by atomic mass is 15.5. The molecule has 1 rings (SSSR count). The summed E-state index contributed by atoms with van der Waals surface area (Å²) < 4.78 is 1.48. The number of nitriles is 1. The maximum absolute atomic E-state index is 8.20. The molecule has 5 heteroatoms. The topological polar surface area (TPSA) is 67.4 Å². The van der Waals surface area contributed by atoms with Gasteiger partial charge in [0.2, 0.25) is 0 Å². The molecule has 0 saturated carbocycles. The van der Waals surface area contributed by atoms with Crippen molar-refractivity contribution in [2.45, 2.75) is 6.42 Å². The number of aromatic nitrogens is 4. The third-order valence-electron chi connectivity index (χ3n) is 0.945. The molecule has 0 bridgehead atoms. The Kier molecular flexibility index (Phi) is 1.40. The first-order valence-electron chi connectivity index (χ1n) is 2.43. The minimum atomic E-state index is 0.267. The summed E-state index contributed by atoms with van der Waals surface area (Å²) >= 11 is 0. The third kappa shape index (κ3) is 1.02. The number of hydrogen-bond acceptors (Lipinski definition) is 4. The van der Waals surface area contributed by atoms with Crippen molar-refractivity contribution in [3.05, 3.63) is 5.82 Å². The minimum Gasteiger partial charge on any atom is -0.232 e. The lowest BCUT2D eigenvalue weighted by Gasteiger charge is -1.86. The van der Waals surface area contributed by atoms with Gasteiger partial charge in [-0.25, -0.2) is 4.68 Å². The number of aryl methyl sites for hydroxylation is 1. The second kappa shape index (κ2) is 2.22. The van der Waals surface area contributed by atoms with Gasteiger partial charge < -0.3 is 0 Å². The zero-order chi connectivity index (χ0) is 6.69. The van der Waals surface area contributed by atoms with Gasteiger partial charge in [-0.1, -0.05) is 0 Å². The van der Waals surface area contributed by atoms with Gasteiger partial charge in [0.15, 0.2) is 5.82 Å². The van der Waals surface area contributed by atoms with Gasteiger partial charge in [-0.05, 0) is 10.4 Å². The van der Waals surface area contributed by atoms with E-state index >= 15 is 0 Å². The van der Waals surface area contributed by atoms with Gasteiger partial charge >= 0.3 is 0 Å². The molecule has 0 spiro atoms. The van der Waals surface area contributed by atoms with Crippen molar-refractivity contribution in [2.75, 3.05) is 0 Å². The Bertz CT molecular complexity index is 231. The smallest absolute Gasteiger partial charge is 0.165 e. The maximum Gasteiger partial charge on any atom is 0.165 e. The van der Waals surface area contributed by atoms with Crippen molar-refractivity contribution in [3.8, 4) is 6.07 Å². The summed E-state index contributed by atoms with van der Waals surface area (Å²) in [6.45, 7) is 0. The molecule has 1 aromatic rings. The van der Waals surface area contributed by atoms with E-state index in [2.05, 4.69) is 15.5 Å². The summed E-state index contributed by atoms with van der Waals surface area (Å²) in [5, 5.41) is 18.7. The number of hydrogen-bond donors (Lipinski definition) is 0. The highest BCUT2D eigenvalue weighted by Gasteiger charge is 1.97. The average Bonchev–Trinajstić information content (AvgIpc) is 2.18. The first-order valence-corrected chi connectivity index (χ1v) is 2.43. The molecule has 0 saturated heterocycles. The molecule has 0 aromatic carbocycles. The molecular formula is C4H5N5. The molecule has 1 heterocycles. The van der Waals surface area contributed by atoms with Crippen LogP contribution in [-0.2, 0) is 13.5 Å². The fourth-order valence-corrected chi connectivity index (χ4v) is 0.468. The van der Waals surface area contributed by atoms with E-state index in [0.29, 0.717) is 5.82 Å². The van der Waals surface area contributed by atoms with Crippen LogP contribution in [0.4, 0.5) is 0 Å². The Morgan fingerprint density at radius 2 is 2.56 bits per heavy atom. The van der Waals surface area contributed by atoms with Crippen molar-refractivity contribution in [2.24, 2.45) is 7.05 Å². The standard InChI is InChI=1S/C4H5N5/c1-9-4(2-3-5)6-7-8-9/h2H2,1H3. The van der Waals surface area contributed by atoms with Crippen LogP contribution >= 0.6 is 0 Å². The van der Waals surface area contributed by atoms with Crippen LogP contribution in [0.3, 0.4) is 0 Å². The molecule has 0 aliphatic heterocycles. The van der Waals surface area contributed by atoms with Gasteiger partial charge in [0.05, 0.1) is 12.5 Å². The van der Waals surface area contributed by atoms with Gasteiger partial charge in [0.25, 0.3) is 0 Å². The lowest BCUT2D eigenvalue weighted by molar-refractivity contribution is 0.689. The number of rotatable bonds is 1. The maximum atomic E-state index is 8.20. The molecule has 5 nitrogen and oxygen atoms in total. The molecule has 0 N–H and O–H groups in total. The zero-order valence-electron chi connectivity index (χ0n) is 4.94. The van der Waals surface area contributed by atoms with Crippen LogP contribution in [0.1, 0.15) is 5.82 Å². The van der Waals surface area contributed by atoms with Crippen molar-refractivity contribution >= 4 is 0 Å². The molecule has 0 fully saturated rings. The summed E-state index contributed by atoms with van der Waals surface area (Å²) in [6, 6.07) is 1.95. The normalized spacial score (nSPS) is 8.89. The predicted molar refractivity (Wildman–Crippen MR) is 28.1 cm³/mol. The summed E-state index contributed by atoms with van der Waals surface area (Å²) in [6.07, 6.45) is 0.267. The lowest BCUT2D eigenvalue weighted by atomic mass is 10.4. The number of tetrazole rings is 1. The van der Waals surface area contributed by atoms with E-state index in [4.69, 9.17) is 5.26 Å². The monoisotopic (exact) mass is 123 g/mol. The van der Waals surface area contributed by atoms with Crippen molar-refractivity contribution in [3.63, 3.8) is 0 Å². The Labute approximate surface area is 51.9 Å². The molecule has 0 amide bonds. The average molecular weight is 123 g/mol. The first kappa shape index (κ1) is 5.69. The lowest BCUT2D eigenvalue weighted by Crippen LogP contribution is -1.97. The molecule has 0 radical (unpaired) electrons. The fraction of sp³-hybridized carbons (Fsp3) is 0.500. The largest absolute Gasteiger partial charge is 0.232 e. The molecule has 1 aromatic heterocycles. The Morgan fingerprint density at radius 3 is 3.00 bits per heavy atom. The van der Waals surface area contributed by atoms with E-state index in [1.165, 1.54) is 4.68 Å². The molecule has 0 aliphatic carbocycles. The second-order valence-electron chi connectivity index (χ2n) is 1.55. The highest BCUT2D eigenvalue weighted by Crippen LogP contribution is 1.86. The van der Waals surface area contributed by atoms with E-state index in [1.807, 2.05) is 6.07 Å². The van der Waals surface area contributed by atoms with Crippen LogP contribution in [0.15, 0.2) is 0 Å². The summed E-state index contributed by atoms with van der Waals surface area (Å²) in [4.78, 5) is 0. The molecular weight excluding hydrogens is 118 g/mol. The Hall–Kier alpha value is -1.44. The van der Waals surface area contributed by atoms with Crippen molar-refractivity contribution < 1.29 is 0 Å². The van der Waals surface area contributed by atoms with E-state index < -0.39 is 0 Å². The van der Waals surface area contributed by atoms with E-state index in [-0.39, 0.29) is 6.42 Å². The van der Waals surface area contributed by atoms with Gasteiger partial charge in [0, 0.05) is 7.05 Å². The second-order valence-corrected chi connectivity index (χ2v) is 1.55. The Balaban J connectivity index is 2.84. The fourth-order valence-electron chi connectivity index (χ4n) is 0.468. The van der Waals surface area contributed by atoms with Crippen molar-refractivity contribution in [1.29, 1.82) is 5.26 Å². The van der Waals surface area contributed by atoms with E-state index in [1.54, 1.807) is 7.05 Å². The van der Waals surface area contributed by atoms with Gasteiger partial charge in [0.1, 0.15) is 0 Å². The van der Waals surface area contributed by atoms with E-state index in [9.17, 15) is 0 Å². The van der Waals surface area contributed by atoms with Crippen LogP contribution in [-0.4, -0.2) is 20.2 Å². The highest BCUT2D eigenvalue weighted by molar-refractivity contribution is 4.90.